The molecule has 114 valence electrons. The van der Waals surface area contributed by atoms with Gasteiger partial charge < -0.3 is 9.64 Å². The average Bonchev–Trinajstić information content (AvgIpc) is 2.55. The Morgan fingerprint density at radius 2 is 2.00 bits per heavy atom. The number of nitrogens with zero attached hydrogens (tertiary/aromatic N) is 1. The van der Waals surface area contributed by atoms with E-state index in [1.807, 2.05) is 30.3 Å². The first kappa shape index (κ1) is 15.0. The fraction of sp³-hybridized carbons (Fsp3) is 0.235. The smallest absolute Gasteiger partial charge is 0.255 e. The van der Waals surface area contributed by atoms with Crippen LogP contribution < -0.4 is 0 Å². The molecule has 22 heavy (non-hydrogen) atoms. The SMILES string of the molecule is O=C(c1ccc(F)cc1Cl)N1CCO[C@H](c2ccccc2)C1. The van der Waals surface area contributed by atoms with Gasteiger partial charge in [-0.3, -0.25) is 4.79 Å². The Morgan fingerprint density at radius 3 is 2.73 bits per heavy atom. The van der Waals surface area contributed by atoms with E-state index in [2.05, 4.69) is 0 Å². The summed E-state index contributed by atoms with van der Waals surface area (Å²) in [7, 11) is 0. The maximum absolute atomic E-state index is 13.1. The molecule has 1 amide bonds. The zero-order chi connectivity index (χ0) is 15.5. The van der Waals surface area contributed by atoms with E-state index >= 15 is 0 Å². The van der Waals surface area contributed by atoms with Crippen molar-refractivity contribution < 1.29 is 13.9 Å². The minimum absolute atomic E-state index is 0.132. The van der Waals surface area contributed by atoms with Crippen LogP contribution in [0.25, 0.3) is 0 Å². The molecule has 0 radical (unpaired) electrons. The fourth-order valence-corrected chi connectivity index (χ4v) is 2.78. The summed E-state index contributed by atoms with van der Waals surface area (Å²) < 4.78 is 18.8. The third-order valence-corrected chi connectivity index (χ3v) is 4.00. The minimum atomic E-state index is -0.453. The molecule has 1 atom stereocenters. The molecule has 1 aliphatic rings. The van der Waals surface area contributed by atoms with Crippen LogP contribution in [0.4, 0.5) is 4.39 Å². The van der Waals surface area contributed by atoms with Crippen molar-refractivity contribution in [2.45, 2.75) is 6.10 Å². The summed E-state index contributed by atoms with van der Waals surface area (Å²) >= 11 is 5.98. The van der Waals surface area contributed by atoms with Crippen molar-refractivity contribution in [1.82, 2.24) is 4.90 Å². The lowest BCUT2D eigenvalue weighted by molar-refractivity contribution is -0.0228. The lowest BCUT2D eigenvalue weighted by Crippen LogP contribution is -2.42. The molecule has 1 aliphatic heterocycles. The topological polar surface area (TPSA) is 29.5 Å². The number of morpholine rings is 1. The van der Waals surface area contributed by atoms with E-state index in [1.54, 1.807) is 4.90 Å². The first-order chi connectivity index (χ1) is 10.6. The van der Waals surface area contributed by atoms with Gasteiger partial charge in [0.25, 0.3) is 5.91 Å². The second-order valence-corrected chi connectivity index (χ2v) is 5.55. The van der Waals surface area contributed by atoms with Crippen LogP contribution in [-0.2, 0) is 4.74 Å². The highest BCUT2D eigenvalue weighted by atomic mass is 35.5. The van der Waals surface area contributed by atoms with Gasteiger partial charge in [-0.25, -0.2) is 4.39 Å². The molecule has 0 aliphatic carbocycles. The Labute approximate surface area is 133 Å². The number of benzene rings is 2. The van der Waals surface area contributed by atoms with E-state index in [0.717, 1.165) is 11.6 Å². The molecule has 0 unspecified atom stereocenters. The summed E-state index contributed by atoms with van der Waals surface area (Å²) in [5.74, 6) is -0.653. The quantitative estimate of drug-likeness (QED) is 0.845. The summed E-state index contributed by atoms with van der Waals surface area (Å²) in [5.41, 5.74) is 1.35. The maximum atomic E-state index is 13.1. The number of carbonyl (C=O) groups is 1. The summed E-state index contributed by atoms with van der Waals surface area (Å²) in [4.78, 5) is 14.3. The third-order valence-electron chi connectivity index (χ3n) is 3.69. The zero-order valence-electron chi connectivity index (χ0n) is 11.8. The standard InChI is InChI=1S/C17H15ClFNO2/c18-15-10-13(19)6-7-14(15)17(21)20-8-9-22-16(11-20)12-4-2-1-3-5-12/h1-7,10,16H,8-9,11H2/t16-/m0/s1. The minimum Gasteiger partial charge on any atom is -0.370 e. The summed E-state index contributed by atoms with van der Waals surface area (Å²) in [6, 6.07) is 13.6. The van der Waals surface area contributed by atoms with Gasteiger partial charge in [0.1, 0.15) is 11.9 Å². The van der Waals surface area contributed by atoms with Crippen LogP contribution in [0, 0.1) is 5.82 Å². The number of ether oxygens (including phenoxy) is 1. The van der Waals surface area contributed by atoms with Gasteiger partial charge in [-0.1, -0.05) is 41.9 Å². The second-order valence-electron chi connectivity index (χ2n) is 5.15. The Bertz CT molecular complexity index is 678. The second kappa shape index (κ2) is 6.46. The molecule has 0 bridgehead atoms. The number of hydrogen-bond donors (Lipinski definition) is 0. The number of rotatable bonds is 2. The normalized spacial score (nSPS) is 18.3. The predicted molar refractivity (Wildman–Crippen MR) is 82.4 cm³/mol. The van der Waals surface area contributed by atoms with Gasteiger partial charge in [-0.15, -0.1) is 0 Å². The fourth-order valence-electron chi connectivity index (χ4n) is 2.54. The first-order valence-corrected chi connectivity index (χ1v) is 7.44. The monoisotopic (exact) mass is 319 g/mol. The van der Waals surface area contributed by atoms with Crippen LogP contribution >= 0.6 is 11.6 Å². The lowest BCUT2D eigenvalue weighted by atomic mass is 10.1. The molecule has 0 spiro atoms. The largest absolute Gasteiger partial charge is 0.370 e. The summed E-state index contributed by atoms with van der Waals surface area (Å²) in [6.45, 7) is 1.41. The number of carbonyl (C=O) groups excluding carboxylic acids is 1. The number of halogens is 2. The van der Waals surface area contributed by atoms with Crippen molar-refractivity contribution >= 4 is 17.5 Å². The summed E-state index contributed by atoms with van der Waals surface area (Å²) in [5, 5.41) is 0.132. The third kappa shape index (κ3) is 3.13. The highest BCUT2D eigenvalue weighted by molar-refractivity contribution is 6.33. The van der Waals surface area contributed by atoms with E-state index < -0.39 is 5.82 Å². The molecule has 0 saturated carbocycles. The molecule has 3 nitrogen and oxygen atoms in total. The van der Waals surface area contributed by atoms with Crippen molar-refractivity contribution in [3.8, 4) is 0 Å². The van der Waals surface area contributed by atoms with Gasteiger partial charge in [0.2, 0.25) is 0 Å². The van der Waals surface area contributed by atoms with Crippen LogP contribution in [0.3, 0.4) is 0 Å². The molecular weight excluding hydrogens is 305 g/mol. The van der Waals surface area contributed by atoms with Gasteiger partial charge in [0.15, 0.2) is 0 Å². The van der Waals surface area contributed by atoms with E-state index in [1.165, 1.54) is 12.1 Å². The Kier molecular flexibility index (Phi) is 4.41. The number of amides is 1. The Morgan fingerprint density at radius 1 is 1.23 bits per heavy atom. The molecule has 1 fully saturated rings. The van der Waals surface area contributed by atoms with Crippen molar-refractivity contribution in [1.29, 1.82) is 0 Å². The molecule has 1 saturated heterocycles. The molecule has 0 aromatic heterocycles. The van der Waals surface area contributed by atoms with Gasteiger partial charge in [0, 0.05) is 6.54 Å². The molecule has 1 heterocycles. The zero-order valence-corrected chi connectivity index (χ0v) is 12.6. The molecule has 2 aromatic carbocycles. The molecular formula is C17H15ClFNO2. The van der Waals surface area contributed by atoms with E-state index in [9.17, 15) is 9.18 Å². The van der Waals surface area contributed by atoms with Gasteiger partial charge in [-0.05, 0) is 23.8 Å². The van der Waals surface area contributed by atoms with Crippen LogP contribution in [-0.4, -0.2) is 30.5 Å². The summed E-state index contributed by atoms with van der Waals surface area (Å²) in [6.07, 6.45) is -0.155. The highest BCUT2D eigenvalue weighted by Gasteiger charge is 2.27. The van der Waals surface area contributed by atoms with E-state index in [4.69, 9.17) is 16.3 Å². The van der Waals surface area contributed by atoms with Crippen LogP contribution in [0.1, 0.15) is 22.0 Å². The average molecular weight is 320 g/mol. The highest BCUT2D eigenvalue weighted by Crippen LogP contribution is 2.25. The van der Waals surface area contributed by atoms with Crippen molar-refractivity contribution in [2.24, 2.45) is 0 Å². The van der Waals surface area contributed by atoms with Crippen LogP contribution in [0.5, 0.6) is 0 Å². The Hall–Kier alpha value is -1.91. The predicted octanol–water partition coefficient (Wildman–Crippen LogP) is 3.69. The van der Waals surface area contributed by atoms with Crippen molar-refractivity contribution in [3.05, 3.63) is 70.5 Å². The maximum Gasteiger partial charge on any atom is 0.255 e. The van der Waals surface area contributed by atoms with Gasteiger partial charge in [-0.2, -0.15) is 0 Å². The van der Waals surface area contributed by atoms with Gasteiger partial charge in [0.05, 0.1) is 23.7 Å². The van der Waals surface area contributed by atoms with E-state index in [-0.39, 0.29) is 17.0 Å². The molecule has 3 rings (SSSR count). The number of hydrogen-bond acceptors (Lipinski definition) is 2. The van der Waals surface area contributed by atoms with E-state index in [0.29, 0.717) is 25.3 Å². The Balaban J connectivity index is 1.78. The molecule has 2 aromatic rings. The van der Waals surface area contributed by atoms with Crippen LogP contribution in [0.15, 0.2) is 48.5 Å². The van der Waals surface area contributed by atoms with Gasteiger partial charge >= 0.3 is 0 Å². The van der Waals surface area contributed by atoms with Crippen molar-refractivity contribution in [3.63, 3.8) is 0 Å². The first-order valence-electron chi connectivity index (χ1n) is 7.06. The lowest BCUT2D eigenvalue weighted by Gasteiger charge is -2.33. The van der Waals surface area contributed by atoms with Crippen LogP contribution in [0.2, 0.25) is 5.02 Å². The van der Waals surface area contributed by atoms with Crippen molar-refractivity contribution in [2.75, 3.05) is 19.7 Å². The molecule has 5 heteroatoms. The molecule has 0 N–H and O–H groups in total.